The summed E-state index contributed by atoms with van der Waals surface area (Å²) in [5, 5.41) is 0. The first kappa shape index (κ1) is 15.0. The minimum Gasteiger partial charge on any atom is -0.412 e. The first-order chi connectivity index (χ1) is 4.65. The summed E-state index contributed by atoms with van der Waals surface area (Å²) in [4.78, 5) is 0. The van der Waals surface area contributed by atoms with E-state index in [1.165, 1.54) is 32.1 Å². The molecule has 4 nitrogen and oxygen atoms in total. The van der Waals surface area contributed by atoms with E-state index in [2.05, 4.69) is 19.8 Å². The van der Waals surface area contributed by atoms with Crippen molar-refractivity contribution in [3.8, 4) is 0 Å². The van der Waals surface area contributed by atoms with Gasteiger partial charge in [0.05, 0.1) is 0 Å². The van der Waals surface area contributed by atoms with Crippen LogP contribution in [-0.4, -0.2) is 17.1 Å². The summed E-state index contributed by atoms with van der Waals surface area (Å²) < 4.78 is 0.207. The van der Waals surface area contributed by atoms with Gasteiger partial charge in [0.25, 0.3) is 0 Å². The molecule has 0 atom stereocenters. The molecule has 12 heavy (non-hydrogen) atoms. The molecule has 1 fully saturated rings. The third-order valence-electron chi connectivity index (χ3n) is 2.23. The van der Waals surface area contributed by atoms with Gasteiger partial charge in [0.1, 0.15) is 0 Å². The Labute approximate surface area is 84.6 Å². The average molecular weight is 358 g/mol. The van der Waals surface area contributed by atoms with Gasteiger partial charge >= 0.3 is 73.4 Å². The zero-order valence-corrected chi connectivity index (χ0v) is 9.36. The summed E-state index contributed by atoms with van der Waals surface area (Å²) in [6.45, 7) is 0. The molecule has 0 spiro atoms. The van der Waals surface area contributed by atoms with Crippen LogP contribution in [0.15, 0.2) is 0 Å². The number of rotatable bonds is 1. The van der Waals surface area contributed by atoms with Crippen molar-refractivity contribution in [1.29, 1.82) is 0 Å². The fourth-order valence-electron chi connectivity index (χ4n) is 1.45. The van der Waals surface area contributed by atoms with Crippen LogP contribution in [0.3, 0.4) is 0 Å². The SMILES string of the molecule is NC(N)[C]1([Pt])CCCCC1.O.O. The number of hydrogen-bond acceptors (Lipinski definition) is 2. The molecule has 0 radical (unpaired) electrons. The summed E-state index contributed by atoms with van der Waals surface area (Å²) in [5.74, 6) is 0. The van der Waals surface area contributed by atoms with Crippen molar-refractivity contribution in [2.45, 2.75) is 42.1 Å². The van der Waals surface area contributed by atoms with Crippen molar-refractivity contribution in [2.75, 3.05) is 0 Å². The monoisotopic (exact) mass is 358 g/mol. The first-order valence-electron chi connectivity index (χ1n) is 3.82. The minimum absolute atomic E-state index is 0. The van der Waals surface area contributed by atoms with Gasteiger partial charge in [-0.2, -0.15) is 0 Å². The molecule has 0 heterocycles. The smallest absolute Gasteiger partial charge is 0.412 e. The molecular weight excluding hydrogens is 339 g/mol. The van der Waals surface area contributed by atoms with Crippen LogP contribution >= 0.6 is 0 Å². The average Bonchev–Trinajstić information content (AvgIpc) is 1.89. The fraction of sp³-hybridized carbons (Fsp3) is 1.00. The second kappa shape index (κ2) is 6.05. The van der Waals surface area contributed by atoms with Crippen LogP contribution in [0.4, 0.5) is 0 Å². The molecule has 0 bridgehead atoms. The van der Waals surface area contributed by atoms with E-state index in [0.717, 1.165) is 0 Å². The summed E-state index contributed by atoms with van der Waals surface area (Å²) in [5.41, 5.74) is 11.3. The van der Waals surface area contributed by atoms with Crippen LogP contribution in [0, 0.1) is 0 Å². The normalized spacial score (nSPS) is 21.1. The van der Waals surface area contributed by atoms with Crippen LogP contribution in [0.2, 0.25) is 3.80 Å². The maximum absolute atomic E-state index is 5.67. The molecule has 0 aromatic carbocycles. The predicted octanol–water partition coefficient (Wildman–Crippen LogP) is -0.750. The van der Waals surface area contributed by atoms with Crippen LogP contribution in [0.1, 0.15) is 32.1 Å². The summed E-state index contributed by atoms with van der Waals surface area (Å²) in [7, 11) is 0. The molecule has 5 heteroatoms. The Balaban J connectivity index is 0. The van der Waals surface area contributed by atoms with E-state index in [9.17, 15) is 0 Å². The summed E-state index contributed by atoms with van der Waals surface area (Å²) in [6, 6.07) is 0. The van der Waals surface area contributed by atoms with Gasteiger partial charge in [0.15, 0.2) is 0 Å². The van der Waals surface area contributed by atoms with Gasteiger partial charge in [-0.15, -0.1) is 0 Å². The van der Waals surface area contributed by atoms with Gasteiger partial charge in [-0.1, -0.05) is 0 Å². The third-order valence-corrected chi connectivity index (χ3v) is 4.12. The van der Waals surface area contributed by atoms with Crippen LogP contribution in [0.5, 0.6) is 0 Å². The Kier molecular flexibility index (Phi) is 7.58. The minimum atomic E-state index is -0.130. The van der Waals surface area contributed by atoms with E-state index in [1.54, 1.807) is 0 Å². The molecule has 0 saturated heterocycles. The quantitative estimate of drug-likeness (QED) is 0.601. The molecule has 8 N–H and O–H groups in total. The van der Waals surface area contributed by atoms with Gasteiger partial charge in [-0.25, -0.2) is 0 Å². The maximum Gasteiger partial charge on any atom is -0.412 e. The predicted molar refractivity (Wildman–Crippen MR) is 45.2 cm³/mol. The molecule has 0 aromatic rings. The van der Waals surface area contributed by atoms with Crippen molar-refractivity contribution in [3.05, 3.63) is 0 Å². The molecular formula is C7H19N2O2Pt. The Morgan fingerprint density at radius 3 is 1.67 bits per heavy atom. The molecule has 1 aliphatic carbocycles. The van der Waals surface area contributed by atoms with E-state index in [-0.39, 0.29) is 20.9 Å². The number of hydrogen-bond donors (Lipinski definition) is 2. The van der Waals surface area contributed by atoms with E-state index < -0.39 is 0 Å². The second-order valence-electron chi connectivity index (χ2n) is 3.06. The van der Waals surface area contributed by atoms with Gasteiger partial charge in [0.2, 0.25) is 0 Å². The van der Waals surface area contributed by atoms with Crippen LogP contribution in [-0.2, 0) is 19.8 Å². The Bertz CT molecular complexity index is 116. The molecule has 1 aliphatic rings. The molecule has 79 valence electrons. The van der Waals surface area contributed by atoms with E-state index in [4.69, 9.17) is 11.5 Å². The fourth-order valence-corrected chi connectivity index (χ4v) is 2.25. The maximum atomic E-state index is 5.67. The van der Waals surface area contributed by atoms with Crippen molar-refractivity contribution < 1.29 is 30.8 Å². The van der Waals surface area contributed by atoms with Crippen LogP contribution in [0.25, 0.3) is 0 Å². The first-order valence-corrected chi connectivity index (χ1v) is 4.96. The molecule has 1 saturated carbocycles. The van der Waals surface area contributed by atoms with Gasteiger partial charge < -0.3 is 11.0 Å². The second-order valence-corrected chi connectivity index (χ2v) is 5.32. The third kappa shape index (κ3) is 3.50. The van der Waals surface area contributed by atoms with Gasteiger partial charge in [-0.05, 0) is 0 Å². The van der Waals surface area contributed by atoms with Gasteiger partial charge in [-0.3, -0.25) is 0 Å². The Hall–Kier alpha value is 0.528. The number of nitrogens with two attached hydrogens (primary N) is 2. The molecule has 0 aromatic heterocycles. The zero-order valence-electron chi connectivity index (χ0n) is 7.08. The van der Waals surface area contributed by atoms with E-state index >= 15 is 0 Å². The van der Waals surface area contributed by atoms with E-state index in [0.29, 0.717) is 0 Å². The zero-order chi connectivity index (χ0) is 7.61. The Morgan fingerprint density at radius 2 is 1.42 bits per heavy atom. The molecule has 1 rings (SSSR count). The molecule has 0 unspecified atom stereocenters. The summed E-state index contributed by atoms with van der Waals surface area (Å²) in [6.07, 6.45) is 6.23. The van der Waals surface area contributed by atoms with Crippen molar-refractivity contribution >= 4 is 0 Å². The van der Waals surface area contributed by atoms with Crippen LogP contribution < -0.4 is 11.5 Å². The molecule has 0 aliphatic heterocycles. The summed E-state index contributed by atoms with van der Waals surface area (Å²) >= 11 is 2.41. The van der Waals surface area contributed by atoms with Gasteiger partial charge in [0, 0.05) is 0 Å². The van der Waals surface area contributed by atoms with E-state index in [1.807, 2.05) is 0 Å². The van der Waals surface area contributed by atoms with Crippen molar-refractivity contribution in [1.82, 2.24) is 0 Å². The van der Waals surface area contributed by atoms with Crippen molar-refractivity contribution in [2.24, 2.45) is 11.5 Å². The van der Waals surface area contributed by atoms with Crippen molar-refractivity contribution in [3.63, 3.8) is 0 Å². The standard InChI is InChI=1S/C7H15N2.2H2O.Pt/c8-7(9)6-4-2-1-3-5-6;;;/h7H,1-5,8-9H2;2*1H2;. The topological polar surface area (TPSA) is 115 Å². The molecule has 0 amide bonds. The largest absolute Gasteiger partial charge is 0.412 e. The Morgan fingerprint density at radius 1 is 1.00 bits per heavy atom.